The zero-order valence-electron chi connectivity index (χ0n) is 42.0. The van der Waals surface area contributed by atoms with E-state index in [9.17, 15) is 0 Å². The Morgan fingerprint density at radius 1 is 0.234 bits per heavy atom. The molecule has 0 radical (unpaired) electrons. The molecule has 3 heterocycles. The standard InChI is InChI=1S/C72H49N5/c1-9-26-50(27-10-1)60-42-25-43-61(51-28-11-2-12-29-51)70(60)77-64-46-44-56(71-73-66(52-30-13-3-14-31-52)68(54-34-17-5-18-35-54)75(71)58-38-21-7-22-39-58)48-62(64)63-49-57(45-47-65(63)77)72-74-67(53-32-15-4-16-33-53)69(55-36-19-6-20-37-55)76(72)59-40-23-8-24-41-59/h1-49H. The lowest BCUT2D eigenvalue weighted by atomic mass is 9.95. The number of nitrogens with zero attached hydrogens (tertiary/aromatic N) is 5. The van der Waals surface area contributed by atoms with Gasteiger partial charge in [0, 0.05) is 66.7 Å². The molecule has 5 nitrogen and oxygen atoms in total. The molecule has 0 unspecified atom stereocenters. The van der Waals surface area contributed by atoms with Gasteiger partial charge in [0.2, 0.25) is 0 Å². The van der Waals surface area contributed by atoms with Crippen LogP contribution in [0.25, 0.3) is 129 Å². The summed E-state index contributed by atoms with van der Waals surface area (Å²) >= 11 is 0. The van der Waals surface area contributed by atoms with Crippen molar-refractivity contribution in [2.45, 2.75) is 0 Å². The van der Waals surface area contributed by atoms with E-state index in [0.29, 0.717) is 0 Å². The molecule has 0 aliphatic heterocycles. The molecule has 3 aromatic heterocycles. The summed E-state index contributed by atoms with van der Waals surface area (Å²) < 4.78 is 7.18. The zero-order valence-corrected chi connectivity index (χ0v) is 42.0. The summed E-state index contributed by atoms with van der Waals surface area (Å²) in [6.07, 6.45) is 0. The summed E-state index contributed by atoms with van der Waals surface area (Å²) in [5, 5.41) is 2.19. The topological polar surface area (TPSA) is 40.6 Å². The van der Waals surface area contributed by atoms with Gasteiger partial charge < -0.3 is 4.57 Å². The molecule has 0 spiro atoms. The van der Waals surface area contributed by atoms with Crippen LogP contribution in [0.5, 0.6) is 0 Å². The third-order valence-electron chi connectivity index (χ3n) is 14.7. The van der Waals surface area contributed by atoms with E-state index in [1.165, 1.54) is 0 Å². The highest BCUT2D eigenvalue weighted by atomic mass is 15.1. The van der Waals surface area contributed by atoms with Crippen molar-refractivity contribution in [3.63, 3.8) is 0 Å². The SMILES string of the molecule is c1ccc(-c2cccc(-c3ccccc3)c2-n2c3ccc(-c4nc(-c5ccccc5)c(-c5ccccc5)n4-c4ccccc4)cc3c3cc(-c4nc(-c5ccccc5)c(-c5ccccc5)n4-c4ccccc4)ccc32)cc1. The molecule has 0 N–H and O–H groups in total. The average molecular weight is 984 g/mol. The first-order chi connectivity index (χ1) is 38.2. The van der Waals surface area contributed by atoms with Crippen molar-refractivity contribution >= 4 is 21.8 Å². The number of benzene rings is 11. The largest absolute Gasteiger partial charge is 0.308 e. The van der Waals surface area contributed by atoms with E-state index in [4.69, 9.17) is 9.97 Å². The van der Waals surface area contributed by atoms with Gasteiger partial charge in [-0.05, 0) is 71.8 Å². The molecule has 0 saturated carbocycles. The smallest absolute Gasteiger partial charge is 0.145 e. The van der Waals surface area contributed by atoms with Gasteiger partial charge in [0.1, 0.15) is 11.6 Å². The molecular formula is C72H49N5. The Balaban J connectivity index is 1.10. The Morgan fingerprint density at radius 3 is 0.896 bits per heavy atom. The Morgan fingerprint density at radius 2 is 0.545 bits per heavy atom. The number of aromatic nitrogens is 5. The minimum absolute atomic E-state index is 0.849. The predicted molar refractivity (Wildman–Crippen MR) is 319 cm³/mol. The van der Waals surface area contributed by atoms with Crippen LogP contribution in [0.15, 0.2) is 297 Å². The van der Waals surface area contributed by atoms with Crippen LogP contribution in [0, 0.1) is 0 Å². The fraction of sp³-hybridized carbons (Fsp3) is 0. The van der Waals surface area contributed by atoms with Crippen molar-refractivity contribution in [1.29, 1.82) is 0 Å². The van der Waals surface area contributed by atoms with Crippen LogP contribution in [0.3, 0.4) is 0 Å². The molecule has 0 saturated heterocycles. The first-order valence-corrected chi connectivity index (χ1v) is 26.2. The molecule has 5 heteroatoms. The van der Waals surface area contributed by atoms with Gasteiger partial charge in [-0.1, -0.05) is 237 Å². The number of para-hydroxylation sites is 3. The van der Waals surface area contributed by atoms with E-state index in [-0.39, 0.29) is 0 Å². The number of rotatable bonds is 11. The fourth-order valence-corrected chi connectivity index (χ4v) is 11.2. The zero-order chi connectivity index (χ0) is 51.1. The third-order valence-corrected chi connectivity index (χ3v) is 14.7. The van der Waals surface area contributed by atoms with Crippen molar-refractivity contribution in [1.82, 2.24) is 23.7 Å². The van der Waals surface area contributed by atoms with E-state index >= 15 is 0 Å². The molecule has 0 fully saturated rings. The van der Waals surface area contributed by atoms with Crippen LogP contribution in [-0.2, 0) is 0 Å². The number of fused-ring (bicyclic) bond motifs is 3. The molecule has 0 aliphatic carbocycles. The molecule has 77 heavy (non-hydrogen) atoms. The highest BCUT2D eigenvalue weighted by Gasteiger charge is 2.27. The Bertz CT molecular complexity index is 4100. The minimum atomic E-state index is 0.849. The number of hydrogen-bond donors (Lipinski definition) is 0. The summed E-state index contributed by atoms with van der Waals surface area (Å²) in [4.78, 5) is 11.4. The summed E-state index contributed by atoms with van der Waals surface area (Å²) in [5.74, 6) is 1.70. The number of imidazole rings is 2. The van der Waals surface area contributed by atoms with E-state index in [2.05, 4.69) is 311 Å². The molecule has 11 aromatic carbocycles. The van der Waals surface area contributed by atoms with Crippen molar-refractivity contribution in [3.8, 4) is 107 Å². The molecule has 0 aliphatic rings. The van der Waals surface area contributed by atoms with Crippen molar-refractivity contribution < 1.29 is 0 Å². The average Bonchev–Trinajstić information content (AvgIpc) is 4.39. The maximum absolute atomic E-state index is 5.69. The maximum Gasteiger partial charge on any atom is 0.145 e. The van der Waals surface area contributed by atoms with Gasteiger partial charge in [0.25, 0.3) is 0 Å². The molecule has 0 atom stereocenters. The van der Waals surface area contributed by atoms with Crippen LogP contribution >= 0.6 is 0 Å². The lowest BCUT2D eigenvalue weighted by molar-refractivity contribution is 1.07. The first kappa shape index (κ1) is 45.3. The normalized spacial score (nSPS) is 11.4. The highest BCUT2D eigenvalue weighted by molar-refractivity contribution is 6.13. The highest BCUT2D eigenvalue weighted by Crippen LogP contribution is 2.46. The van der Waals surface area contributed by atoms with E-state index in [1.807, 2.05) is 0 Å². The monoisotopic (exact) mass is 983 g/mol. The van der Waals surface area contributed by atoms with Crippen molar-refractivity contribution in [2.24, 2.45) is 0 Å². The van der Waals surface area contributed by atoms with E-state index in [0.717, 1.165) is 129 Å². The Labute approximate surface area is 447 Å². The lowest BCUT2D eigenvalue weighted by Gasteiger charge is -2.19. The fourth-order valence-electron chi connectivity index (χ4n) is 11.2. The Kier molecular flexibility index (Phi) is 11.5. The first-order valence-electron chi connectivity index (χ1n) is 26.2. The van der Waals surface area contributed by atoms with Gasteiger partial charge in [0.05, 0.1) is 39.5 Å². The van der Waals surface area contributed by atoms with E-state index < -0.39 is 0 Å². The number of hydrogen-bond acceptors (Lipinski definition) is 2. The second-order valence-corrected chi connectivity index (χ2v) is 19.3. The summed E-state index contributed by atoms with van der Waals surface area (Å²) in [5.41, 5.74) is 20.0. The summed E-state index contributed by atoms with van der Waals surface area (Å²) in [6.45, 7) is 0. The van der Waals surface area contributed by atoms with Gasteiger partial charge in [-0.2, -0.15) is 0 Å². The van der Waals surface area contributed by atoms with Gasteiger partial charge in [-0.25, -0.2) is 9.97 Å². The second-order valence-electron chi connectivity index (χ2n) is 19.3. The van der Waals surface area contributed by atoms with Gasteiger partial charge >= 0.3 is 0 Å². The van der Waals surface area contributed by atoms with Crippen LogP contribution in [0.2, 0.25) is 0 Å². The van der Waals surface area contributed by atoms with Crippen molar-refractivity contribution in [2.75, 3.05) is 0 Å². The third kappa shape index (κ3) is 8.06. The molecule has 362 valence electrons. The van der Waals surface area contributed by atoms with E-state index in [1.54, 1.807) is 0 Å². The summed E-state index contributed by atoms with van der Waals surface area (Å²) in [7, 11) is 0. The lowest BCUT2D eigenvalue weighted by Crippen LogP contribution is -2.02. The van der Waals surface area contributed by atoms with Crippen LogP contribution in [0.1, 0.15) is 0 Å². The van der Waals surface area contributed by atoms with Gasteiger partial charge in [-0.3, -0.25) is 9.13 Å². The summed E-state index contributed by atoms with van der Waals surface area (Å²) in [6, 6.07) is 106. The minimum Gasteiger partial charge on any atom is -0.308 e. The second kappa shape index (κ2) is 19.5. The van der Waals surface area contributed by atoms with Crippen LogP contribution < -0.4 is 0 Å². The van der Waals surface area contributed by atoms with Gasteiger partial charge in [-0.15, -0.1) is 0 Å². The Hall–Kier alpha value is -10.4. The molecule has 14 aromatic rings. The quantitative estimate of drug-likeness (QED) is 0.130. The molecule has 14 rings (SSSR count). The van der Waals surface area contributed by atoms with Gasteiger partial charge in [0.15, 0.2) is 0 Å². The van der Waals surface area contributed by atoms with Crippen molar-refractivity contribution in [3.05, 3.63) is 297 Å². The molecular weight excluding hydrogens is 935 g/mol. The van der Waals surface area contributed by atoms with Crippen LogP contribution in [-0.4, -0.2) is 23.7 Å². The molecule has 0 amide bonds. The predicted octanol–water partition coefficient (Wildman–Crippen LogP) is 18.5. The maximum atomic E-state index is 5.69. The van der Waals surface area contributed by atoms with Crippen LogP contribution in [0.4, 0.5) is 0 Å². The molecule has 0 bridgehead atoms.